The van der Waals surface area contributed by atoms with Gasteiger partial charge in [0, 0.05) is 18.5 Å². The van der Waals surface area contributed by atoms with E-state index in [0.29, 0.717) is 25.2 Å². The van der Waals surface area contributed by atoms with Crippen molar-refractivity contribution in [2.45, 2.75) is 183 Å². The summed E-state index contributed by atoms with van der Waals surface area (Å²) in [4.78, 5) is 15.9. The number of likely N-dealkylation sites (tertiary alicyclic amines) is 1. The van der Waals surface area contributed by atoms with Crippen molar-refractivity contribution in [3.05, 3.63) is 0 Å². The van der Waals surface area contributed by atoms with Crippen LogP contribution in [0.15, 0.2) is 0 Å². The third-order valence-electron chi connectivity index (χ3n) is 12.0. The number of rotatable bonds is 10. The first-order chi connectivity index (χ1) is 23.1. The van der Waals surface area contributed by atoms with E-state index in [1.165, 1.54) is 25.7 Å². The summed E-state index contributed by atoms with van der Waals surface area (Å²) in [6.45, 7) is 2.48. The molecule has 48 heavy (non-hydrogen) atoms. The lowest BCUT2D eigenvalue weighted by Gasteiger charge is -2.53. The predicted molar refractivity (Wildman–Crippen MR) is 170 cm³/mol. The summed E-state index contributed by atoms with van der Waals surface area (Å²) >= 11 is 0. The van der Waals surface area contributed by atoms with Gasteiger partial charge in [0.25, 0.3) is 5.91 Å². The van der Waals surface area contributed by atoms with Gasteiger partial charge in [0.2, 0.25) is 0 Å². The van der Waals surface area contributed by atoms with Gasteiger partial charge in [-0.2, -0.15) is 0 Å². The molecule has 3 heterocycles. The first kappa shape index (κ1) is 36.8. The van der Waals surface area contributed by atoms with Gasteiger partial charge in [-0.15, -0.1) is 0 Å². The molecule has 0 aromatic heterocycles. The Morgan fingerprint density at radius 3 is 1.96 bits per heavy atom. The van der Waals surface area contributed by atoms with Gasteiger partial charge in [-0.25, -0.2) is 0 Å². The number of carbonyl (C=O) groups is 1. The first-order valence-corrected chi connectivity index (χ1v) is 18.7. The number of nitrogens with zero attached hydrogens (tertiary/aromatic N) is 1. The van der Waals surface area contributed by atoms with Gasteiger partial charge in [0.15, 0.2) is 12.6 Å². The molecule has 0 aromatic carbocycles. The highest BCUT2D eigenvalue weighted by Gasteiger charge is 2.52. The third kappa shape index (κ3) is 8.07. The number of carbonyl (C=O) groups excluding carboxylic acids is 1. The van der Waals surface area contributed by atoms with Crippen LogP contribution in [0.4, 0.5) is 0 Å². The van der Waals surface area contributed by atoms with E-state index >= 15 is 0 Å². The zero-order chi connectivity index (χ0) is 34.0. The minimum absolute atomic E-state index is 0.103. The molecule has 6 N–H and O–H groups in total. The molecule has 0 aromatic rings. The smallest absolute Gasteiger partial charge is 0.251 e. The quantitative estimate of drug-likeness (QED) is 0.193. The minimum atomic E-state index is -1.47. The summed E-state index contributed by atoms with van der Waals surface area (Å²) in [5.41, 5.74) is 0.204. The van der Waals surface area contributed by atoms with Crippen LogP contribution in [0.3, 0.4) is 0 Å². The first-order valence-electron chi connectivity index (χ1n) is 18.7. The van der Waals surface area contributed by atoms with Crippen LogP contribution >= 0.6 is 0 Å². The zero-order valence-electron chi connectivity index (χ0n) is 28.4. The van der Waals surface area contributed by atoms with Crippen LogP contribution in [-0.2, 0) is 28.5 Å². The Kier molecular flexibility index (Phi) is 12.4. The number of hydrogen-bond donors (Lipinski definition) is 6. The molecule has 0 unspecified atom stereocenters. The molecule has 6 aliphatic rings. The maximum atomic E-state index is 14.0. The highest BCUT2D eigenvalue weighted by molar-refractivity contribution is 5.82. The summed E-state index contributed by atoms with van der Waals surface area (Å²) in [5.74, 6) is 0.210. The third-order valence-corrected chi connectivity index (χ3v) is 12.0. The number of aliphatic hydroxyl groups excluding tert-OH is 6. The molecular weight excluding hydrogens is 626 g/mol. The number of hydrogen-bond acceptors (Lipinski definition) is 12. The van der Waals surface area contributed by atoms with Crippen molar-refractivity contribution in [3.63, 3.8) is 0 Å². The Balaban J connectivity index is 1.14. The van der Waals surface area contributed by atoms with E-state index in [-0.39, 0.29) is 11.3 Å². The molecule has 0 radical (unpaired) electrons. The second kappa shape index (κ2) is 16.1. The number of amides is 1. The van der Waals surface area contributed by atoms with Crippen molar-refractivity contribution in [1.82, 2.24) is 4.90 Å². The van der Waals surface area contributed by atoms with Crippen molar-refractivity contribution in [3.8, 4) is 0 Å². The normalized spacial score (nSPS) is 43.1. The van der Waals surface area contributed by atoms with Crippen LogP contribution in [0.2, 0.25) is 0 Å². The summed E-state index contributed by atoms with van der Waals surface area (Å²) in [6.07, 6.45) is -0.177. The van der Waals surface area contributed by atoms with Crippen molar-refractivity contribution in [1.29, 1.82) is 0 Å². The highest BCUT2D eigenvalue weighted by atomic mass is 16.7. The fourth-order valence-electron chi connectivity index (χ4n) is 9.04. The van der Waals surface area contributed by atoms with Gasteiger partial charge in [-0.05, 0) is 44.9 Å². The number of ether oxygens (including phenoxy) is 5. The van der Waals surface area contributed by atoms with Crippen molar-refractivity contribution in [2.75, 3.05) is 19.7 Å². The molecule has 13 heteroatoms. The Bertz CT molecular complexity index is 1030. The van der Waals surface area contributed by atoms with Crippen LogP contribution in [0.5, 0.6) is 0 Å². The molecule has 1 spiro atoms. The van der Waals surface area contributed by atoms with Gasteiger partial charge < -0.3 is 59.2 Å². The second-order valence-corrected chi connectivity index (χ2v) is 15.6. The number of aliphatic hydroxyl groups is 6. The Morgan fingerprint density at radius 2 is 1.33 bits per heavy atom. The lowest BCUT2D eigenvalue weighted by molar-refractivity contribution is -0.345. The van der Waals surface area contributed by atoms with E-state index in [1.54, 1.807) is 6.92 Å². The average molecular weight is 686 g/mol. The molecule has 276 valence electrons. The van der Waals surface area contributed by atoms with Crippen LogP contribution in [-0.4, -0.2) is 141 Å². The average Bonchev–Trinajstić information content (AvgIpc) is 3.08. The minimum Gasteiger partial charge on any atom is -0.394 e. The molecule has 3 aliphatic heterocycles. The predicted octanol–water partition coefficient (Wildman–Crippen LogP) is 1.11. The van der Waals surface area contributed by atoms with Crippen LogP contribution in [0, 0.1) is 11.3 Å². The SMILES string of the molecule is C[C@@H]1O[C@@H](O[C@@H]2CCCC[C@H]2O[C@@H]2O[C@H](CO)[C@H](O)[C@H](O[C@@H](CC3CCCCC3)C(=O)N3CC4(CCCCC4)C3)[C@H]2O)[C@@H](O)[C@H](O)[C@@H]1O. The van der Waals surface area contributed by atoms with Crippen molar-refractivity contribution in [2.24, 2.45) is 11.3 Å². The van der Waals surface area contributed by atoms with Gasteiger partial charge in [-0.3, -0.25) is 4.79 Å². The summed E-state index contributed by atoms with van der Waals surface area (Å²) in [5, 5.41) is 64.0. The van der Waals surface area contributed by atoms with Gasteiger partial charge in [-0.1, -0.05) is 64.2 Å². The Morgan fingerprint density at radius 1 is 0.750 bits per heavy atom. The maximum Gasteiger partial charge on any atom is 0.251 e. The molecule has 13 nitrogen and oxygen atoms in total. The topological polar surface area (TPSA) is 188 Å². The summed E-state index contributed by atoms with van der Waals surface area (Å²) in [7, 11) is 0. The van der Waals surface area contributed by atoms with Gasteiger partial charge >= 0.3 is 0 Å². The molecule has 1 amide bonds. The molecule has 3 aliphatic carbocycles. The molecular formula is C35H59NO12. The molecule has 13 atom stereocenters. The fourth-order valence-corrected chi connectivity index (χ4v) is 9.04. The monoisotopic (exact) mass is 685 g/mol. The van der Waals surface area contributed by atoms with E-state index in [0.717, 1.165) is 64.5 Å². The lowest BCUT2D eigenvalue weighted by atomic mass is 9.68. The largest absolute Gasteiger partial charge is 0.394 e. The Labute approximate surface area is 283 Å². The van der Waals surface area contributed by atoms with Crippen molar-refractivity contribution >= 4 is 5.91 Å². The lowest BCUT2D eigenvalue weighted by Crippen LogP contribution is -2.64. The van der Waals surface area contributed by atoms with Crippen LogP contribution in [0.1, 0.15) is 103 Å². The van der Waals surface area contributed by atoms with E-state index < -0.39 is 86.3 Å². The second-order valence-electron chi connectivity index (χ2n) is 15.6. The zero-order valence-corrected chi connectivity index (χ0v) is 28.4. The van der Waals surface area contributed by atoms with Crippen molar-refractivity contribution < 1.29 is 59.1 Å². The van der Waals surface area contributed by atoms with E-state index in [9.17, 15) is 35.4 Å². The molecule has 6 fully saturated rings. The van der Waals surface area contributed by atoms with Gasteiger partial charge in [0.1, 0.15) is 48.8 Å². The van der Waals surface area contributed by atoms with Gasteiger partial charge in [0.05, 0.1) is 24.9 Å². The standard InChI is InChI=1S/C35H59NO12/c1-20-26(38)28(40)29(41)33(44-20)46-22-12-6-7-13-23(22)47-34-30(42)31(27(39)25(17-37)48-34)45-24(16-21-10-4-2-5-11-21)32(43)36-18-35(19-36)14-8-3-9-15-35/h20-31,33-34,37-42H,2-19H2,1H3/t20-,22+,23+,24-,25+,26+,27-,28+,29-,30+,31-,33-,34+/m0/s1. The molecule has 3 saturated carbocycles. The van der Waals surface area contributed by atoms with E-state index in [2.05, 4.69) is 0 Å². The maximum absolute atomic E-state index is 14.0. The van der Waals surface area contributed by atoms with E-state index in [4.69, 9.17) is 23.7 Å². The van der Waals surface area contributed by atoms with Crippen LogP contribution in [0.25, 0.3) is 0 Å². The fraction of sp³-hybridized carbons (Fsp3) is 0.971. The van der Waals surface area contributed by atoms with Crippen LogP contribution < -0.4 is 0 Å². The summed E-state index contributed by atoms with van der Waals surface area (Å²) in [6, 6.07) is 0. The Hall–Kier alpha value is -0.970. The molecule has 3 saturated heterocycles. The van der Waals surface area contributed by atoms with E-state index in [1.807, 2.05) is 4.90 Å². The molecule has 6 rings (SSSR count). The molecule has 0 bridgehead atoms. The highest BCUT2D eigenvalue weighted by Crippen LogP contribution is 2.45. The summed E-state index contributed by atoms with van der Waals surface area (Å²) < 4.78 is 30.5.